The number of cyclic esters (lactones) is 1. The molecule has 1 aliphatic rings. The highest BCUT2D eigenvalue weighted by Crippen LogP contribution is 2.38. The first-order valence-electron chi connectivity index (χ1n) is 4.11. The fourth-order valence-corrected chi connectivity index (χ4v) is 1.15. The molecule has 0 spiro atoms. The minimum Gasteiger partial charge on any atom is -0.505 e. The van der Waals surface area contributed by atoms with E-state index in [1.165, 1.54) is 0 Å². The van der Waals surface area contributed by atoms with Gasteiger partial charge < -0.3 is 34.7 Å². The van der Waals surface area contributed by atoms with Crippen LogP contribution in [-0.4, -0.2) is 49.9 Å². The van der Waals surface area contributed by atoms with E-state index in [1.54, 1.807) is 0 Å². The molecule has 0 aromatic heterocycles. The van der Waals surface area contributed by atoms with Gasteiger partial charge in [0, 0.05) is 0 Å². The molecule has 5 N–H and O–H groups in total. The minimum absolute atomic E-state index is 0.811. The molecule has 0 unspecified atom stereocenters. The monoisotopic (exact) mass is 272 g/mol. The fraction of sp³-hybridized carbons (Fsp3) is 0.500. The first-order chi connectivity index (χ1) is 7.76. The van der Waals surface area contributed by atoms with Crippen LogP contribution >= 0.6 is 7.82 Å². The van der Waals surface area contributed by atoms with E-state index in [-0.39, 0.29) is 0 Å². The van der Waals surface area contributed by atoms with Crippen molar-refractivity contribution in [1.82, 2.24) is 0 Å². The number of carbonyl (C=O) groups excluding carboxylic acids is 1. The second kappa shape index (κ2) is 5.00. The Morgan fingerprint density at radius 1 is 1.47 bits per heavy atom. The summed E-state index contributed by atoms with van der Waals surface area (Å²) in [5, 5.41) is 27.0. The van der Waals surface area contributed by atoms with Crippen molar-refractivity contribution >= 4 is 13.8 Å². The van der Waals surface area contributed by atoms with Gasteiger partial charge in [-0.25, -0.2) is 9.36 Å². The molecule has 0 amide bonds. The van der Waals surface area contributed by atoms with Crippen molar-refractivity contribution in [3.05, 3.63) is 11.5 Å². The molecule has 0 fully saturated rings. The van der Waals surface area contributed by atoms with Crippen molar-refractivity contribution in [3.63, 3.8) is 0 Å². The summed E-state index contributed by atoms with van der Waals surface area (Å²) in [7, 11) is -5.01. The topological polar surface area (TPSA) is 163 Å². The summed E-state index contributed by atoms with van der Waals surface area (Å²) in [6, 6.07) is 0. The summed E-state index contributed by atoms with van der Waals surface area (Å²) in [5.41, 5.74) is 0. The molecule has 1 heterocycles. The van der Waals surface area contributed by atoms with E-state index in [0.29, 0.717) is 0 Å². The Labute approximate surface area is 93.8 Å². The van der Waals surface area contributed by atoms with Crippen LogP contribution in [-0.2, 0) is 23.7 Å². The first-order valence-corrected chi connectivity index (χ1v) is 5.64. The molecular formula is C6H9O10P. The molecular weight excluding hydrogens is 263 g/mol. The van der Waals surface area contributed by atoms with Crippen molar-refractivity contribution in [1.29, 1.82) is 0 Å². The van der Waals surface area contributed by atoms with E-state index in [1.807, 2.05) is 0 Å². The number of aliphatic hydroxyl groups is 3. The Morgan fingerprint density at radius 2 is 2.06 bits per heavy atom. The van der Waals surface area contributed by atoms with E-state index < -0.39 is 44.1 Å². The zero-order chi connectivity index (χ0) is 13.2. The molecule has 1 rings (SSSR count). The van der Waals surface area contributed by atoms with Gasteiger partial charge in [-0.2, -0.15) is 0 Å². The standard InChI is InChI=1S/C6H9O10P/c7-1-2(8)4-3(9)5(6(10)14-4)15-16-17(11,12)13/h2,4,7-9H,1H2,(H2,11,12,13)/t2-,4+/m0/s1. The van der Waals surface area contributed by atoms with Crippen LogP contribution in [0.1, 0.15) is 0 Å². The normalized spacial score (nSPS) is 22.6. The van der Waals surface area contributed by atoms with Gasteiger partial charge in [0.2, 0.25) is 0 Å². The Balaban J connectivity index is 2.79. The van der Waals surface area contributed by atoms with Crippen molar-refractivity contribution in [2.45, 2.75) is 12.2 Å². The van der Waals surface area contributed by atoms with E-state index >= 15 is 0 Å². The maximum atomic E-state index is 11.0. The second-order valence-corrected chi connectivity index (χ2v) is 4.07. The fourth-order valence-electron chi connectivity index (χ4n) is 0.977. The summed E-state index contributed by atoms with van der Waals surface area (Å²) >= 11 is 0. The molecule has 0 radical (unpaired) electrons. The average molecular weight is 272 g/mol. The Hall–Kier alpha value is -1.16. The largest absolute Gasteiger partial charge is 0.505 e. The second-order valence-electron chi connectivity index (χ2n) is 2.94. The summed E-state index contributed by atoms with van der Waals surface area (Å²) in [5.74, 6) is -3.25. The Bertz CT molecular complexity index is 382. The molecule has 2 atom stereocenters. The summed E-state index contributed by atoms with van der Waals surface area (Å²) in [6.45, 7) is -0.811. The minimum atomic E-state index is -5.01. The molecule has 0 aromatic rings. The number of aliphatic hydroxyl groups excluding tert-OH is 3. The highest BCUT2D eigenvalue weighted by atomic mass is 31.2. The zero-order valence-electron chi connectivity index (χ0n) is 8.09. The van der Waals surface area contributed by atoms with Crippen LogP contribution in [0.5, 0.6) is 0 Å². The third-order valence-electron chi connectivity index (χ3n) is 1.68. The lowest BCUT2D eigenvalue weighted by Crippen LogP contribution is -2.31. The number of hydrogen-bond acceptors (Lipinski definition) is 8. The van der Waals surface area contributed by atoms with Gasteiger partial charge in [-0.3, -0.25) is 0 Å². The third-order valence-corrected chi connectivity index (χ3v) is 1.94. The van der Waals surface area contributed by atoms with Gasteiger partial charge in [-0.05, 0) is 0 Å². The van der Waals surface area contributed by atoms with Crippen molar-refractivity contribution in [2.24, 2.45) is 0 Å². The van der Waals surface area contributed by atoms with Gasteiger partial charge in [0.1, 0.15) is 6.10 Å². The molecule has 0 aliphatic carbocycles. The van der Waals surface area contributed by atoms with Crippen molar-refractivity contribution < 1.29 is 48.8 Å². The van der Waals surface area contributed by atoms with Crippen molar-refractivity contribution in [2.75, 3.05) is 6.61 Å². The molecule has 0 bridgehead atoms. The summed E-state index contributed by atoms with van der Waals surface area (Å²) < 4.78 is 18.2. The molecule has 11 heteroatoms. The maximum absolute atomic E-state index is 11.0. The third kappa shape index (κ3) is 3.40. The smallest absolute Gasteiger partial charge is 0.505 e. The van der Waals surface area contributed by atoms with Crippen LogP contribution in [0.15, 0.2) is 11.5 Å². The maximum Gasteiger partial charge on any atom is 0.505 e. The van der Waals surface area contributed by atoms with E-state index in [4.69, 9.17) is 20.0 Å². The SMILES string of the molecule is O=C1O[C@H]([C@@H](O)CO)C(O)=C1OOP(=O)(O)O. The summed E-state index contributed by atoms with van der Waals surface area (Å²) in [6.07, 6.45) is -3.18. The van der Waals surface area contributed by atoms with Gasteiger partial charge in [-0.15, -0.1) is 0 Å². The lowest BCUT2D eigenvalue weighted by Gasteiger charge is -2.13. The summed E-state index contributed by atoms with van der Waals surface area (Å²) in [4.78, 5) is 31.5. The Kier molecular flexibility index (Phi) is 4.09. The lowest BCUT2D eigenvalue weighted by molar-refractivity contribution is -0.194. The average Bonchev–Trinajstić information content (AvgIpc) is 2.49. The molecule has 0 saturated heterocycles. The number of phosphoric acid groups is 1. The van der Waals surface area contributed by atoms with Crippen LogP contribution in [0, 0.1) is 0 Å². The number of ether oxygens (including phenoxy) is 1. The number of rotatable bonds is 5. The highest BCUT2D eigenvalue weighted by Gasteiger charge is 2.42. The van der Waals surface area contributed by atoms with Gasteiger partial charge >= 0.3 is 13.8 Å². The molecule has 0 aromatic carbocycles. The lowest BCUT2D eigenvalue weighted by atomic mass is 10.2. The van der Waals surface area contributed by atoms with Crippen molar-refractivity contribution in [3.8, 4) is 0 Å². The number of carbonyl (C=O) groups is 1. The van der Waals surface area contributed by atoms with Crippen LogP contribution in [0.2, 0.25) is 0 Å². The van der Waals surface area contributed by atoms with Gasteiger partial charge in [0.05, 0.1) is 6.61 Å². The van der Waals surface area contributed by atoms with E-state index in [9.17, 15) is 14.5 Å². The van der Waals surface area contributed by atoms with Gasteiger partial charge in [0.15, 0.2) is 11.9 Å². The number of hydrogen-bond donors (Lipinski definition) is 5. The van der Waals surface area contributed by atoms with Crippen LogP contribution in [0.25, 0.3) is 0 Å². The van der Waals surface area contributed by atoms with Crippen LogP contribution in [0.4, 0.5) is 0 Å². The molecule has 98 valence electrons. The van der Waals surface area contributed by atoms with Crippen LogP contribution in [0.3, 0.4) is 0 Å². The predicted molar refractivity (Wildman–Crippen MR) is 46.8 cm³/mol. The molecule has 1 aliphatic heterocycles. The van der Waals surface area contributed by atoms with Gasteiger partial charge in [0.25, 0.3) is 5.76 Å². The highest BCUT2D eigenvalue weighted by molar-refractivity contribution is 7.46. The molecule has 17 heavy (non-hydrogen) atoms. The molecule has 10 nitrogen and oxygen atoms in total. The predicted octanol–water partition coefficient (Wildman–Crippen LogP) is -1.92. The zero-order valence-corrected chi connectivity index (χ0v) is 8.98. The quantitative estimate of drug-likeness (QED) is 0.165. The first kappa shape index (κ1) is 13.9. The molecule has 0 saturated carbocycles. The Morgan fingerprint density at radius 3 is 2.53 bits per heavy atom. The van der Waals surface area contributed by atoms with Crippen LogP contribution < -0.4 is 0 Å². The van der Waals surface area contributed by atoms with E-state index in [0.717, 1.165) is 0 Å². The number of esters is 1. The van der Waals surface area contributed by atoms with Gasteiger partial charge in [-0.1, -0.05) is 4.67 Å². The van der Waals surface area contributed by atoms with E-state index in [2.05, 4.69) is 14.3 Å².